The van der Waals surface area contributed by atoms with Crippen LogP contribution in [0.5, 0.6) is 0 Å². The van der Waals surface area contributed by atoms with Gasteiger partial charge in [-0.1, -0.05) is 50.2 Å². The van der Waals surface area contributed by atoms with Crippen molar-refractivity contribution in [2.45, 2.75) is 89.9 Å². The van der Waals surface area contributed by atoms with Gasteiger partial charge in [0, 0.05) is 54.6 Å². The molecule has 2 fully saturated rings. The summed E-state index contributed by atoms with van der Waals surface area (Å²) in [6, 6.07) is 15.3. The van der Waals surface area contributed by atoms with Crippen molar-refractivity contribution in [3.8, 4) is 0 Å². The van der Waals surface area contributed by atoms with Crippen LogP contribution in [-0.4, -0.2) is 90.9 Å². The van der Waals surface area contributed by atoms with Crippen LogP contribution in [0.3, 0.4) is 0 Å². The minimum Gasteiger partial charge on any atom is -0.481 e. The number of nitrogen functional groups attached to an aromatic ring is 1. The molecule has 0 bridgehead atoms. The Balaban J connectivity index is 0.000000196. The van der Waals surface area contributed by atoms with Crippen molar-refractivity contribution in [2.75, 3.05) is 45.3 Å². The number of rotatable bonds is 7. The molecule has 2 aliphatic carbocycles. The number of carboxylic acids is 1. The number of hydrogen-bond donors (Lipinski definition) is 3. The van der Waals surface area contributed by atoms with E-state index in [2.05, 4.69) is 25.3 Å². The molecule has 2 aromatic heterocycles. The van der Waals surface area contributed by atoms with Crippen LogP contribution in [0, 0.1) is 11.8 Å². The molecule has 0 saturated heterocycles. The van der Waals surface area contributed by atoms with Gasteiger partial charge in [0.15, 0.2) is 11.6 Å². The number of amides is 1. The van der Waals surface area contributed by atoms with Crippen LogP contribution in [0.2, 0.25) is 0 Å². The maximum atomic E-state index is 12.7. The molecule has 2 aromatic carbocycles. The number of hydrogen-bond acceptors (Lipinski definition) is 13. The normalized spacial score (nSPS) is 22.2. The molecule has 2 saturated carbocycles. The van der Waals surface area contributed by atoms with Crippen molar-refractivity contribution in [1.82, 2.24) is 19.9 Å². The summed E-state index contributed by atoms with van der Waals surface area (Å²) >= 11 is 0. The molecule has 4 heterocycles. The Bertz CT molecular complexity index is 2520. The molecule has 4 N–H and O–H groups in total. The second kappa shape index (κ2) is 19.7. The molecule has 17 nitrogen and oxygen atoms in total. The number of aliphatic carboxylic acids is 1. The van der Waals surface area contributed by atoms with Crippen molar-refractivity contribution < 1.29 is 41.1 Å². The smallest absolute Gasteiger partial charge is 0.306 e. The fraction of sp³-hybridized carbons (Fsp3) is 0.455. The molecule has 338 valence electrons. The molecule has 2 aliphatic heterocycles. The molecule has 1 amide bonds. The Labute approximate surface area is 369 Å². The van der Waals surface area contributed by atoms with Gasteiger partial charge in [0.25, 0.3) is 0 Å². The minimum atomic E-state index is -3.36. The van der Waals surface area contributed by atoms with E-state index in [1.54, 1.807) is 0 Å². The number of para-hydroxylation sites is 2. The van der Waals surface area contributed by atoms with Crippen molar-refractivity contribution >= 4 is 66.8 Å². The predicted molar refractivity (Wildman–Crippen MR) is 241 cm³/mol. The van der Waals surface area contributed by atoms with E-state index in [0.717, 1.165) is 48.2 Å². The number of benzene rings is 2. The quantitative estimate of drug-likeness (QED) is 0.186. The minimum absolute atomic E-state index is 0.0556. The van der Waals surface area contributed by atoms with E-state index in [9.17, 15) is 36.0 Å². The summed E-state index contributed by atoms with van der Waals surface area (Å²) in [4.78, 5) is 61.1. The van der Waals surface area contributed by atoms with Gasteiger partial charge in [0.2, 0.25) is 37.9 Å². The van der Waals surface area contributed by atoms with Gasteiger partial charge in [-0.2, -0.15) is 0 Å². The second-order valence-electron chi connectivity index (χ2n) is 16.2. The molecule has 0 atom stereocenters. The Morgan fingerprint density at radius 1 is 0.651 bits per heavy atom. The number of nitrogens with one attached hydrogen (secondary N) is 1. The Morgan fingerprint density at radius 3 is 1.38 bits per heavy atom. The third kappa shape index (κ3) is 11.0. The van der Waals surface area contributed by atoms with E-state index in [1.807, 2.05) is 62.4 Å². The molecule has 4 aliphatic rings. The van der Waals surface area contributed by atoms with Gasteiger partial charge in [0.05, 0.1) is 40.9 Å². The molecular formula is C44H56N8O9S2. The lowest BCUT2D eigenvalue weighted by Gasteiger charge is -2.37. The van der Waals surface area contributed by atoms with Crippen LogP contribution in [0.25, 0.3) is 0 Å². The number of carbonyl (C=O) groups excluding carboxylic acids is 3. The first-order valence-electron chi connectivity index (χ1n) is 20.8. The largest absolute Gasteiger partial charge is 0.481 e. The van der Waals surface area contributed by atoms with E-state index < -0.39 is 26.0 Å². The number of fused-ring (bicyclic) bond motifs is 4. The molecule has 0 radical (unpaired) electrons. The van der Waals surface area contributed by atoms with E-state index in [0.29, 0.717) is 49.9 Å². The molecule has 63 heavy (non-hydrogen) atoms. The number of aromatic nitrogens is 4. The number of sulfonamides is 2. The van der Waals surface area contributed by atoms with Crippen LogP contribution in [-0.2, 0) is 40.5 Å². The Kier molecular flexibility index (Phi) is 15.1. The number of nitrogens with zero attached hydrogens (tertiary/aromatic N) is 6. The number of carboxylic acid groups (broad SMARTS) is 1. The van der Waals surface area contributed by atoms with Gasteiger partial charge in [-0.25, -0.2) is 36.8 Å². The topological polar surface area (TPSA) is 253 Å². The average molecular weight is 905 g/mol. The second-order valence-corrected chi connectivity index (χ2v) is 20.1. The molecule has 2 spiro atoms. The van der Waals surface area contributed by atoms with Gasteiger partial charge >= 0.3 is 5.97 Å². The van der Waals surface area contributed by atoms with Crippen LogP contribution in [0.15, 0.2) is 73.3 Å². The van der Waals surface area contributed by atoms with Gasteiger partial charge in [-0.15, -0.1) is 0 Å². The lowest BCUT2D eigenvalue weighted by atomic mass is 9.67. The number of ketones is 2. The van der Waals surface area contributed by atoms with Crippen LogP contribution < -0.4 is 19.7 Å². The summed E-state index contributed by atoms with van der Waals surface area (Å²) in [6.45, 7) is 7.75. The van der Waals surface area contributed by atoms with Crippen LogP contribution >= 0.6 is 0 Å². The van der Waals surface area contributed by atoms with E-state index in [1.165, 1.54) is 59.8 Å². The highest BCUT2D eigenvalue weighted by Crippen LogP contribution is 2.52. The maximum Gasteiger partial charge on any atom is 0.306 e. The third-order valence-electron chi connectivity index (χ3n) is 12.2. The highest BCUT2D eigenvalue weighted by atomic mass is 32.2. The van der Waals surface area contributed by atoms with Crippen molar-refractivity contribution in [1.29, 1.82) is 0 Å². The zero-order valence-corrected chi connectivity index (χ0v) is 38.1. The van der Waals surface area contributed by atoms with E-state index in [-0.39, 0.29) is 52.0 Å². The van der Waals surface area contributed by atoms with Crippen molar-refractivity contribution in [2.24, 2.45) is 11.8 Å². The first kappa shape index (κ1) is 48.2. The van der Waals surface area contributed by atoms with Crippen LogP contribution in [0.1, 0.15) is 111 Å². The summed E-state index contributed by atoms with van der Waals surface area (Å²) < 4.78 is 51.6. The Hall–Kier alpha value is -5.82. The average Bonchev–Trinajstić information content (AvgIpc) is 3.76. The number of anilines is 4. The SMILES string of the molecule is CC.CC(=O)c1cnc(N)nc1.CC(=O)c1cnc(NC(=O)C2CCC3(CC2)CN(S(C)(=O)=O)c2ccccc23)nc1.CS(=O)(=O)N1CC2(CCC(C(=O)O)CC2)c2ccccc21. The zero-order valence-electron chi connectivity index (χ0n) is 36.4. The standard InChI is InChI=1S/C21H24N4O4S.C15H19NO4S.C6H7N3O.C2H6/c1-14(26)16-11-22-20(23-12-16)24-19(27)15-7-9-21(10-8-15)13-25(30(2,28)29)18-6-4-3-5-17(18)21;1-21(19,20)16-10-15(12-4-2-3-5-13(12)16)8-6-11(7-9-15)14(17)18;1-4(10)5-2-8-6(7)9-3-5;1-2/h3-6,11-12,15H,7-10,13H2,1-2H3,(H,22,23,24,27);2-5,11H,6-10H2,1H3,(H,17,18);2-3H,1H3,(H2,7,8,9);1-2H3. The number of carbonyl (C=O) groups is 4. The molecule has 19 heteroatoms. The number of Topliss-reactive ketones (excluding diaryl/α,β-unsaturated/α-hetero) is 2. The van der Waals surface area contributed by atoms with Gasteiger partial charge in [-0.3, -0.25) is 33.1 Å². The highest BCUT2D eigenvalue weighted by Gasteiger charge is 2.49. The summed E-state index contributed by atoms with van der Waals surface area (Å²) in [5, 5.41) is 11.9. The lowest BCUT2D eigenvalue weighted by molar-refractivity contribution is -0.143. The molecule has 0 unspecified atom stereocenters. The highest BCUT2D eigenvalue weighted by molar-refractivity contribution is 7.92. The summed E-state index contributed by atoms with van der Waals surface area (Å²) in [6.07, 6.45) is 13.5. The number of nitrogens with two attached hydrogens (primary N) is 1. The maximum absolute atomic E-state index is 12.7. The molecule has 8 rings (SSSR count). The molecular weight excluding hydrogens is 849 g/mol. The fourth-order valence-electron chi connectivity index (χ4n) is 8.77. The predicted octanol–water partition coefficient (Wildman–Crippen LogP) is 5.79. The van der Waals surface area contributed by atoms with Crippen molar-refractivity contribution in [3.63, 3.8) is 0 Å². The summed E-state index contributed by atoms with van der Waals surface area (Å²) in [5.41, 5.74) is 9.21. The van der Waals surface area contributed by atoms with Crippen LogP contribution in [0.4, 0.5) is 23.3 Å². The first-order chi connectivity index (χ1) is 29.7. The summed E-state index contributed by atoms with van der Waals surface area (Å²) in [7, 11) is -6.66. The monoisotopic (exact) mass is 904 g/mol. The first-order valence-corrected chi connectivity index (χ1v) is 24.5. The van der Waals surface area contributed by atoms with E-state index in [4.69, 9.17) is 10.8 Å². The zero-order chi connectivity index (χ0) is 46.3. The summed E-state index contributed by atoms with van der Waals surface area (Å²) in [5.74, 6) is -1.20. The Morgan fingerprint density at radius 2 is 1.02 bits per heavy atom. The third-order valence-corrected chi connectivity index (χ3v) is 14.4. The van der Waals surface area contributed by atoms with Gasteiger partial charge in [0.1, 0.15) is 0 Å². The fourth-order valence-corrected chi connectivity index (χ4v) is 10.8. The van der Waals surface area contributed by atoms with Gasteiger partial charge in [-0.05, 0) is 88.5 Å². The van der Waals surface area contributed by atoms with Gasteiger partial charge < -0.3 is 10.8 Å². The lowest BCUT2D eigenvalue weighted by Crippen LogP contribution is -2.41. The molecule has 4 aromatic rings. The van der Waals surface area contributed by atoms with Crippen molar-refractivity contribution in [3.05, 3.63) is 95.6 Å². The van der Waals surface area contributed by atoms with E-state index >= 15 is 0 Å².